The molecule has 1 unspecified atom stereocenters. The van der Waals surface area contributed by atoms with Crippen molar-refractivity contribution >= 4 is 10.1 Å². The van der Waals surface area contributed by atoms with E-state index in [4.69, 9.17) is 9.66 Å². The van der Waals surface area contributed by atoms with Crippen LogP contribution in [-0.2, 0) is 10.1 Å². The molecular formula is C5H14NNaO4S. The number of hydrogen-bond donors (Lipinski definition) is 2. The molecule has 0 fully saturated rings. The van der Waals surface area contributed by atoms with Crippen molar-refractivity contribution in [2.24, 2.45) is 0 Å². The van der Waals surface area contributed by atoms with Gasteiger partial charge in [-0.2, -0.15) is 8.42 Å². The van der Waals surface area contributed by atoms with Crippen LogP contribution in [0.25, 0.3) is 0 Å². The van der Waals surface area contributed by atoms with Gasteiger partial charge < -0.3 is 11.4 Å². The molecule has 0 aromatic carbocycles. The fourth-order valence-electron chi connectivity index (χ4n) is 0.717. The van der Waals surface area contributed by atoms with Crippen LogP contribution in [0.2, 0.25) is 0 Å². The van der Waals surface area contributed by atoms with Crippen LogP contribution >= 0.6 is 0 Å². The zero-order valence-electron chi connectivity index (χ0n) is 8.56. The minimum atomic E-state index is -4.05. The molecule has 0 heterocycles. The Morgan fingerprint density at radius 3 is 2.17 bits per heavy atom. The Hall–Kier alpha value is 0.830. The second-order valence-corrected chi connectivity index (χ2v) is 4.16. The molecule has 5 nitrogen and oxygen atoms in total. The molecule has 1 atom stereocenters. The Morgan fingerprint density at radius 2 is 1.92 bits per heavy atom. The van der Waals surface area contributed by atoms with E-state index in [-0.39, 0.29) is 37.5 Å². The summed E-state index contributed by atoms with van der Waals surface area (Å²) in [7, 11) is -0.642. The third kappa shape index (κ3) is 10.8. The second-order valence-electron chi connectivity index (χ2n) is 2.66. The van der Waals surface area contributed by atoms with Crippen molar-refractivity contribution in [1.82, 2.24) is 4.90 Å². The van der Waals surface area contributed by atoms with E-state index in [9.17, 15) is 8.42 Å². The molecule has 0 aromatic heterocycles. The van der Waals surface area contributed by atoms with E-state index in [2.05, 4.69) is 0 Å². The van der Waals surface area contributed by atoms with E-state index in [1.165, 1.54) is 0 Å². The Bertz CT molecular complexity index is 209. The molecule has 0 rings (SSSR count). The fraction of sp³-hybridized carbons (Fsp3) is 1.00. The smallest absolute Gasteiger partial charge is 1.00 e. The standard InChI is InChI=1S/C5H13NO4S.Na.H/c1-6(2)3-5(7)4-11(8,9)10;;/h5,7H,3-4H2,1-2H3,(H,8,9,10);;/q;+1;-1. The van der Waals surface area contributed by atoms with E-state index >= 15 is 0 Å². The number of rotatable bonds is 4. The average molecular weight is 207 g/mol. The largest absolute Gasteiger partial charge is 1.00 e. The first kappa shape index (κ1) is 15.3. The van der Waals surface area contributed by atoms with Gasteiger partial charge in [-0.25, -0.2) is 0 Å². The predicted molar refractivity (Wildman–Crippen MR) is 42.1 cm³/mol. The molecule has 70 valence electrons. The number of aliphatic hydroxyl groups excluding tert-OH is 1. The topological polar surface area (TPSA) is 77.8 Å². The molecule has 12 heavy (non-hydrogen) atoms. The molecule has 0 aliphatic heterocycles. The number of nitrogens with zero attached hydrogens (tertiary/aromatic N) is 1. The van der Waals surface area contributed by atoms with Crippen molar-refractivity contribution in [2.75, 3.05) is 26.4 Å². The SMILES string of the molecule is CN(C)CC(O)CS(=O)(=O)O.[H-].[Na+]. The van der Waals surface area contributed by atoms with Crippen molar-refractivity contribution in [2.45, 2.75) is 6.10 Å². The molecule has 0 saturated carbocycles. The van der Waals surface area contributed by atoms with Crippen LogP contribution in [0.1, 0.15) is 1.43 Å². The quantitative estimate of drug-likeness (QED) is 0.362. The van der Waals surface area contributed by atoms with Gasteiger partial charge in [0.05, 0.1) is 6.10 Å². The van der Waals surface area contributed by atoms with Gasteiger partial charge in [0.25, 0.3) is 10.1 Å². The zero-order valence-corrected chi connectivity index (χ0v) is 10.4. The third-order valence-electron chi connectivity index (χ3n) is 0.979. The Labute approximate surface area is 96.3 Å². The summed E-state index contributed by atoms with van der Waals surface area (Å²) in [5.41, 5.74) is 0. The minimum Gasteiger partial charge on any atom is -1.00 e. The molecule has 0 aliphatic carbocycles. The Kier molecular flexibility index (Phi) is 8.05. The van der Waals surface area contributed by atoms with E-state index in [0.717, 1.165) is 0 Å². The molecule has 0 amide bonds. The van der Waals surface area contributed by atoms with Crippen LogP contribution in [0, 0.1) is 0 Å². The third-order valence-corrected chi connectivity index (χ3v) is 1.78. The predicted octanol–water partition coefficient (Wildman–Crippen LogP) is -4.09. The first-order valence-electron chi connectivity index (χ1n) is 3.09. The summed E-state index contributed by atoms with van der Waals surface area (Å²) in [6.45, 7) is 0.222. The molecule has 0 aromatic rings. The van der Waals surface area contributed by atoms with Crippen LogP contribution in [0.3, 0.4) is 0 Å². The zero-order chi connectivity index (χ0) is 9.07. The maximum Gasteiger partial charge on any atom is 1.00 e. The molecular weight excluding hydrogens is 193 g/mol. The normalized spacial score (nSPS) is 14.1. The van der Waals surface area contributed by atoms with Gasteiger partial charge in [-0.3, -0.25) is 4.55 Å². The molecule has 7 heteroatoms. The molecule has 0 aliphatic rings. The van der Waals surface area contributed by atoms with Crippen LogP contribution in [-0.4, -0.2) is 55.5 Å². The van der Waals surface area contributed by atoms with Gasteiger partial charge in [0, 0.05) is 6.54 Å². The summed E-state index contributed by atoms with van der Waals surface area (Å²) < 4.78 is 28.7. The monoisotopic (exact) mass is 207 g/mol. The summed E-state index contributed by atoms with van der Waals surface area (Å²) >= 11 is 0. The summed E-state index contributed by atoms with van der Waals surface area (Å²) in [6.07, 6.45) is -1.03. The van der Waals surface area contributed by atoms with Gasteiger partial charge in [-0.05, 0) is 14.1 Å². The van der Waals surface area contributed by atoms with Crippen molar-refractivity contribution in [3.8, 4) is 0 Å². The van der Waals surface area contributed by atoms with E-state index < -0.39 is 22.0 Å². The fourth-order valence-corrected chi connectivity index (χ4v) is 1.31. The summed E-state index contributed by atoms with van der Waals surface area (Å²) in [6, 6.07) is 0. The van der Waals surface area contributed by atoms with Crippen LogP contribution < -0.4 is 29.6 Å². The van der Waals surface area contributed by atoms with E-state index in [1.807, 2.05) is 0 Å². The van der Waals surface area contributed by atoms with Gasteiger partial charge in [0.1, 0.15) is 5.75 Å². The van der Waals surface area contributed by atoms with Crippen molar-refractivity contribution in [1.29, 1.82) is 0 Å². The van der Waals surface area contributed by atoms with Crippen LogP contribution in [0.15, 0.2) is 0 Å². The van der Waals surface area contributed by atoms with Gasteiger partial charge in [-0.15, -0.1) is 0 Å². The van der Waals surface area contributed by atoms with Gasteiger partial charge in [0.2, 0.25) is 0 Å². The summed E-state index contributed by atoms with van der Waals surface area (Å²) in [4.78, 5) is 1.63. The molecule has 0 spiro atoms. The van der Waals surface area contributed by atoms with Crippen LogP contribution in [0.5, 0.6) is 0 Å². The summed E-state index contributed by atoms with van der Waals surface area (Å²) in [5, 5.41) is 8.97. The molecule has 0 bridgehead atoms. The van der Waals surface area contributed by atoms with Crippen molar-refractivity contribution < 1.29 is 49.1 Å². The maximum atomic E-state index is 10.2. The summed E-state index contributed by atoms with van der Waals surface area (Å²) in [5.74, 6) is -0.606. The average Bonchev–Trinajstić information content (AvgIpc) is 1.53. The van der Waals surface area contributed by atoms with Gasteiger partial charge >= 0.3 is 29.6 Å². The number of likely N-dealkylation sites (N-methyl/N-ethyl adjacent to an activating group) is 1. The van der Waals surface area contributed by atoms with E-state index in [1.54, 1.807) is 19.0 Å². The first-order chi connectivity index (χ1) is 4.81. The number of hydrogen-bond acceptors (Lipinski definition) is 4. The van der Waals surface area contributed by atoms with Gasteiger partial charge in [-0.1, -0.05) is 0 Å². The maximum absolute atomic E-state index is 10.2. The van der Waals surface area contributed by atoms with Crippen LogP contribution in [0.4, 0.5) is 0 Å². The Balaban J connectivity index is -0.000000500. The van der Waals surface area contributed by atoms with Crippen molar-refractivity contribution in [3.63, 3.8) is 0 Å². The first-order valence-corrected chi connectivity index (χ1v) is 4.70. The molecule has 0 saturated heterocycles. The Morgan fingerprint density at radius 1 is 1.50 bits per heavy atom. The second kappa shape index (κ2) is 6.31. The van der Waals surface area contributed by atoms with Crippen molar-refractivity contribution in [3.05, 3.63) is 0 Å². The molecule has 2 N–H and O–H groups in total. The number of aliphatic hydroxyl groups is 1. The minimum absolute atomic E-state index is 0. The van der Waals surface area contributed by atoms with E-state index in [0.29, 0.717) is 0 Å². The van der Waals surface area contributed by atoms with Gasteiger partial charge in [0.15, 0.2) is 0 Å². The molecule has 0 radical (unpaired) electrons.